The van der Waals surface area contributed by atoms with Crippen LogP contribution >= 0.6 is 45.3 Å². The fourth-order valence-corrected chi connectivity index (χ4v) is 15.2. The van der Waals surface area contributed by atoms with Crippen LogP contribution in [0.5, 0.6) is 0 Å². The molecule has 7 N–H and O–H groups in total. The quantitative estimate of drug-likeness (QED) is 0.0822. The van der Waals surface area contributed by atoms with Crippen LogP contribution in [0.3, 0.4) is 0 Å². The number of pyridine rings is 1. The molecule has 0 unspecified atom stereocenters. The fourth-order valence-electron chi connectivity index (χ4n) is 11.9. The van der Waals surface area contributed by atoms with Crippen molar-refractivity contribution in [2.45, 2.75) is 210 Å². The number of nitrogens with one attached hydrogen (secondary N) is 7. The first-order valence-electron chi connectivity index (χ1n) is 34.9. The molecule has 0 radical (unpaired) electrons. The van der Waals surface area contributed by atoms with E-state index in [0.717, 1.165) is 80.1 Å². The maximum absolute atomic E-state index is 12.1. The fraction of sp³-hybridized carbons (Fsp3) is 0.423. The van der Waals surface area contributed by atoms with Gasteiger partial charge in [0.1, 0.15) is 5.00 Å². The Hall–Kier alpha value is -9.57. The summed E-state index contributed by atoms with van der Waals surface area (Å²) in [5.41, 5.74) is 10.5. The molecule has 12 heterocycles. The number of thiophene rings is 4. The average Bonchev–Trinajstić information content (AvgIpc) is 1.63. The zero-order valence-corrected chi connectivity index (χ0v) is 67.5. The number of carbonyl (C=O) groups excluding carboxylic acids is 4. The third-order valence-corrected chi connectivity index (χ3v) is 20.7. The van der Waals surface area contributed by atoms with Crippen LogP contribution in [0.4, 0.5) is 41.2 Å². The number of imidazole rings is 2. The molecule has 0 atom stereocenters. The molecule has 0 fully saturated rings. The molecular formula is C78H102N16O7S4. The minimum Gasteiger partial charge on any atom is -0.319 e. The topological polar surface area (TPSA) is 269 Å². The van der Waals surface area contributed by atoms with Crippen LogP contribution in [0.15, 0.2) is 144 Å². The minimum absolute atomic E-state index is 0.00315. The summed E-state index contributed by atoms with van der Waals surface area (Å²) in [4.78, 5) is 104. The number of H-pyrrole nitrogens is 3. The van der Waals surface area contributed by atoms with Crippen LogP contribution in [0.25, 0.3) is 44.4 Å². The van der Waals surface area contributed by atoms with Crippen molar-refractivity contribution < 1.29 is 19.2 Å². The van der Waals surface area contributed by atoms with Gasteiger partial charge in [0.15, 0.2) is 5.82 Å². The summed E-state index contributed by atoms with van der Waals surface area (Å²) >= 11 is 6.54. The number of fused-ring (bicyclic) bond motifs is 8. The lowest BCUT2D eigenvalue weighted by Gasteiger charge is -2.38. The Balaban J connectivity index is 0.000000142. The smallest absolute Gasteiger partial charge is 0.319 e. The monoisotopic (exact) mass is 1500 g/mol. The highest BCUT2D eigenvalue weighted by molar-refractivity contribution is 7.14. The molecule has 4 aliphatic rings. The predicted molar refractivity (Wildman–Crippen MR) is 433 cm³/mol. The third-order valence-electron chi connectivity index (χ3n) is 17.4. The molecule has 15 rings (SSSR count). The first-order valence-corrected chi connectivity index (χ1v) is 38.6. The SMILES string of the molecule is CC(C)(C)N1CCc2cscc2NC1=O.CC(C)(C)N1Cc2ccsc2NC1=O.CC(C)(C)N1Cc2cscc2NC1=O.CC(C)(C)N1Cc2sccc2NC1=O.CC(C)(C)n1c(=O)[nH]c2c3ccccc3ncc21.CC(C)(C)n1c(=O)[nH]c2ccccc21.CC(C)(C)n1nc(-c2ccccc2)[nH]c1=O. The summed E-state index contributed by atoms with van der Waals surface area (Å²) in [6.45, 7) is 45.5. The Morgan fingerprint density at radius 3 is 1.50 bits per heavy atom. The summed E-state index contributed by atoms with van der Waals surface area (Å²) in [6.07, 6.45) is 2.70. The van der Waals surface area contributed by atoms with E-state index in [1.165, 1.54) is 26.2 Å². The Morgan fingerprint density at radius 2 is 0.905 bits per heavy atom. The summed E-state index contributed by atoms with van der Waals surface area (Å²) in [7, 11) is 0. The van der Waals surface area contributed by atoms with Crippen molar-refractivity contribution in [1.29, 1.82) is 0 Å². The Morgan fingerprint density at radius 1 is 0.410 bits per heavy atom. The summed E-state index contributed by atoms with van der Waals surface area (Å²) < 4.78 is 5.00. The molecular weight excluding hydrogens is 1400 g/mol. The molecule has 0 saturated carbocycles. The van der Waals surface area contributed by atoms with Gasteiger partial charge in [-0.3, -0.25) is 24.4 Å². The molecule has 0 spiro atoms. The molecule has 3 aromatic carbocycles. The Bertz CT molecular complexity index is 4880. The number of aromatic amines is 3. The number of benzene rings is 3. The molecule has 0 aliphatic carbocycles. The van der Waals surface area contributed by atoms with Crippen LogP contribution < -0.4 is 38.3 Å². The van der Waals surface area contributed by atoms with Crippen molar-refractivity contribution in [3.8, 4) is 11.4 Å². The number of urea groups is 4. The van der Waals surface area contributed by atoms with Crippen LogP contribution in [0.2, 0.25) is 0 Å². The van der Waals surface area contributed by atoms with Gasteiger partial charge in [0.2, 0.25) is 0 Å². The van der Waals surface area contributed by atoms with Crippen LogP contribution in [-0.4, -0.2) is 111 Å². The van der Waals surface area contributed by atoms with Gasteiger partial charge in [-0.2, -0.15) is 0 Å². The lowest BCUT2D eigenvalue weighted by Crippen LogP contribution is -2.49. The number of rotatable bonds is 1. The predicted octanol–water partition coefficient (Wildman–Crippen LogP) is 18.3. The van der Waals surface area contributed by atoms with Crippen molar-refractivity contribution >= 4 is 125 Å². The Kier molecular flexibility index (Phi) is 23.7. The van der Waals surface area contributed by atoms with Gasteiger partial charge in [-0.25, -0.2) is 38.2 Å². The Labute approximate surface area is 630 Å². The van der Waals surface area contributed by atoms with Gasteiger partial charge in [0, 0.05) is 77.5 Å². The van der Waals surface area contributed by atoms with Crippen LogP contribution in [0.1, 0.15) is 167 Å². The molecule has 105 heavy (non-hydrogen) atoms. The van der Waals surface area contributed by atoms with Gasteiger partial charge >= 0.3 is 41.2 Å². The number of amides is 8. The minimum atomic E-state index is -0.305. The average molecular weight is 1500 g/mol. The summed E-state index contributed by atoms with van der Waals surface area (Å²) in [6, 6.07) is 29.2. The molecule has 27 heteroatoms. The highest BCUT2D eigenvalue weighted by atomic mass is 32.1. The van der Waals surface area contributed by atoms with Gasteiger partial charge in [-0.15, -0.1) is 50.4 Å². The normalized spacial score (nSPS) is 14.6. The lowest BCUT2D eigenvalue weighted by molar-refractivity contribution is 0.148. The number of aromatic nitrogens is 8. The number of hydrogen-bond acceptors (Lipinski definition) is 13. The molecule has 23 nitrogen and oxygen atoms in total. The van der Waals surface area contributed by atoms with Crippen molar-refractivity contribution in [2.75, 3.05) is 27.8 Å². The van der Waals surface area contributed by atoms with E-state index in [9.17, 15) is 33.6 Å². The number of nitrogens with zero attached hydrogens (tertiary/aromatic N) is 9. The third kappa shape index (κ3) is 19.3. The van der Waals surface area contributed by atoms with Crippen LogP contribution in [0, 0.1) is 0 Å². The number of anilines is 4. The van der Waals surface area contributed by atoms with Crippen molar-refractivity contribution in [3.63, 3.8) is 0 Å². The molecule has 560 valence electrons. The van der Waals surface area contributed by atoms with E-state index in [-0.39, 0.29) is 80.0 Å². The number of hydrogen-bond donors (Lipinski definition) is 7. The molecule has 8 amide bonds. The van der Waals surface area contributed by atoms with Gasteiger partial charge in [-0.05, 0) is 209 Å². The highest BCUT2D eigenvalue weighted by Crippen LogP contribution is 2.35. The molecule has 4 aliphatic heterocycles. The second-order valence-electron chi connectivity index (χ2n) is 32.9. The summed E-state index contributed by atoms with van der Waals surface area (Å²) in [5, 5.41) is 30.1. The number of para-hydroxylation sites is 3. The molecule has 11 aromatic rings. The molecule has 0 saturated heterocycles. The standard InChI is InChI=1S/C14H15N3O.C12H15N3O.C11H16N2OS.C11H14N2O.3C10H14N2OS/c1-14(2,3)17-11-8-15-10-7-5-4-6-9(10)12(11)16-13(17)18;1-12(2,3)15-11(16)13-10(14-15)9-7-5-4-6-8-9;1-11(2,3)13-5-4-8-6-15-7-9(8)12-10(13)14;1-11(2,3)13-9-7-5-4-6-8(9)12-10(13)14;1-10(2,3)12-4-7-5-14-6-8(7)11-9(12)13;1-10(2,3)12-6-8-7(4-5-14-8)11-9(12)13;1-10(2,3)12-6-7-4-5-14-8(7)11-9(12)13/h4-8H,1-3H3,(H,16,18);4-8H,1-3H3,(H,13,14,16);6-7H,4-5H2,1-3H3,(H,12,14);4-7H,1-3H3,(H,12,14);5-6H,4H2,1-3H3,(H,11,13);2*4-5H,6H2,1-3H3,(H,11,13). The van der Waals surface area contributed by atoms with Crippen molar-refractivity contribution in [1.82, 2.24) is 58.5 Å². The second kappa shape index (κ2) is 31.2. The van der Waals surface area contributed by atoms with Gasteiger partial charge < -0.3 is 45.5 Å². The van der Waals surface area contributed by atoms with Crippen molar-refractivity contribution in [2.24, 2.45) is 0 Å². The zero-order valence-electron chi connectivity index (χ0n) is 64.3. The van der Waals surface area contributed by atoms with E-state index >= 15 is 0 Å². The van der Waals surface area contributed by atoms with Gasteiger partial charge in [0.05, 0.1) is 76.0 Å². The first kappa shape index (κ1) is 79.5. The van der Waals surface area contributed by atoms with Crippen LogP contribution in [-0.2, 0) is 42.7 Å². The van der Waals surface area contributed by atoms with Gasteiger partial charge in [-0.1, -0.05) is 60.7 Å². The highest BCUT2D eigenvalue weighted by Gasteiger charge is 2.35. The van der Waals surface area contributed by atoms with E-state index in [4.69, 9.17) is 0 Å². The van der Waals surface area contributed by atoms with E-state index in [1.807, 2.05) is 251 Å². The number of carbonyl (C=O) groups is 4. The summed E-state index contributed by atoms with van der Waals surface area (Å²) in [5.74, 6) is 0.612. The zero-order chi connectivity index (χ0) is 77.1. The second-order valence-corrected chi connectivity index (χ2v) is 36.3. The van der Waals surface area contributed by atoms with E-state index in [0.29, 0.717) is 18.9 Å². The first-order chi connectivity index (χ1) is 48.9. The largest absolute Gasteiger partial charge is 0.344 e. The molecule has 0 bridgehead atoms. The van der Waals surface area contributed by atoms with E-state index in [1.54, 1.807) is 60.7 Å². The maximum atomic E-state index is 12.1. The van der Waals surface area contributed by atoms with Gasteiger partial charge in [0.25, 0.3) is 0 Å². The van der Waals surface area contributed by atoms with Crippen molar-refractivity contribution in [3.05, 3.63) is 182 Å². The maximum Gasteiger partial charge on any atom is 0.344 e. The molecule has 8 aromatic heterocycles. The van der Waals surface area contributed by atoms with E-state index < -0.39 is 0 Å². The lowest BCUT2D eigenvalue weighted by atomic mass is 10.0. The van der Waals surface area contributed by atoms with E-state index in [2.05, 4.69) is 83.9 Å².